The maximum Gasteiger partial charge on any atom is 0.417 e. The molecule has 0 aromatic heterocycles. The van der Waals surface area contributed by atoms with E-state index in [2.05, 4.69) is 29.2 Å². The molecule has 2 aliphatic rings. The van der Waals surface area contributed by atoms with Gasteiger partial charge in [0.1, 0.15) is 0 Å². The highest BCUT2D eigenvalue weighted by molar-refractivity contribution is 5.96. The fraction of sp³-hybridized carbons (Fsp3) is 0.391. The lowest BCUT2D eigenvalue weighted by Gasteiger charge is -2.29. The van der Waals surface area contributed by atoms with E-state index in [0.717, 1.165) is 45.3 Å². The van der Waals surface area contributed by atoms with E-state index < -0.39 is 12.1 Å². The summed E-state index contributed by atoms with van der Waals surface area (Å²) in [4.78, 5) is 28.6. The van der Waals surface area contributed by atoms with Crippen molar-refractivity contribution in [3.63, 3.8) is 0 Å². The molecule has 5 heteroatoms. The van der Waals surface area contributed by atoms with Crippen LogP contribution in [0.15, 0.2) is 48.5 Å². The number of rotatable bonds is 3. The Balaban J connectivity index is 1.38. The predicted octanol–water partition coefficient (Wildman–Crippen LogP) is 4.01. The zero-order chi connectivity index (χ0) is 19.3. The normalized spacial score (nSPS) is 17.1. The van der Waals surface area contributed by atoms with Gasteiger partial charge in [0.15, 0.2) is 0 Å². The Morgan fingerprint density at radius 2 is 1.68 bits per heavy atom. The number of fused-ring (bicyclic) bond motifs is 1. The molecule has 0 radical (unpaired) electrons. The molecule has 0 unspecified atom stereocenters. The van der Waals surface area contributed by atoms with Gasteiger partial charge in [0.05, 0.1) is 5.56 Å². The van der Waals surface area contributed by atoms with E-state index in [1.807, 2.05) is 18.2 Å². The van der Waals surface area contributed by atoms with Crippen LogP contribution in [0.2, 0.25) is 0 Å². The summed E-state index contributed by atoms with van der Waals surface area (Å²) in [7, 11) is 0. The van der Waals surface area contributed by atoms with Crippen LogP contribution in [-0.2, 0) is 24.2 Å². The molecule has 2 aliphatic heterocycles. The van der Waals surface area contributed by atoms with Gasteiger partial charge in [-0.2, -0.15) is 0 Å². The number of hydrogen-bond donors (Lipinski definition) is 0. The Hall–Kier alpha value is -2.66. The Kier molecular flexibility index (Phi) is 5.72. The molecular formula is C23H26N2O3. The number of nitrogens with zero attached hydrogens (tertiary/aromatic N) is 2. The molecule has 1 fully saturated rings. The number of ether oxygens (including phenoxy) is 1. The highest BCUT2D eigenvalue weighted by atomic mass is 16.6. The van der Waals surface area contributed by atoms with Gasteiger partial charge in [-0.1, -0.05) is 36.4 Å². The zero-order valence-electron chi connectivity index (χ0n) is 16.1. The Morgan fingerprint density at radius 1 is 0.893 bits per heavy atom. The lowest BCUT2D eigenvalue weighted by molar-refractivity contribution is 0.0527. The molecule has 2 aromatic rings. The van der Waals surface area contributed by atoms with Gasteiger partial charge in [-0.25, -0.2) is 9.59 Å². The maximum absolute atomic E-state index is 12.4. The van der Waals surface area contributed by atoms with Crippen LogP contribution in [0.25, 0.3) is 0 Å². The zero-order valence-corrected chi connectivity index (χ0v) is 16.1. The largest absolute Gasteiger partial charge is 0.417 e. The molecule has 5 nitrogen and oxygen atoms in total. The van der Waals surface area contributed by atoms with Gasteiger partial charge in [0.2, 0.25) is 0 Å². The van der Waals surface area contributed by atoms with Crippen molar-refractivity contribution in [2.45, 2.75) is 38.8 Å². The van der Waals surface area contributed by atoms with Crippen molar-refractivity contribution >= 4 is 12.1 Å². The Morgan fingerprint density at radius 3 is 2.46 bits per heavy atom. The van der Waals surface area contributed by atoms with E-state index in [0.29, 0.717) is 18.7 Å². The summed E-state index contributed by atoms with van der Waals surface area (Å²) in [6.45, 7) is 4.09. The first kappa shape index (κ1) is 18.7. The minimum absolute atomic E-state index is 0.459. The van der Waals surface area contributed by atoms with E-state index in [9.17, 15) is 9.59 Å². The Bertz CT molecular complexity index is 844. The third-order valence-corrected chi connectivity index (χ3v) is 5.58. The number of hydrogen-bond acceptors (Lipinski definition) is 4. The van der Waals surface area contributed by atoms with Crippen molar-refractivity contribution in [2.24, 2.45) is 0 Å². The first-order valence-corrected chi connectivity index (χ1v) is 10.1. The first-order chi connectivity index (χ1) is 13.7. The summed E-state index contributed by atoms with van der Waals surface area (Å²) in [5, 5.41) is 0. The van der Waals surface area contributed by atoms with Gasteiger partial charge in [-0.3, -0.25) is 4.90 Å². The molecule has 146 valence electrons. The smallest absolute Gasteiger partial charge is 0.372 e. The van der Waals surface area contributed by atoms with E-state index >= 15 is 0 Å². The molecule has 28 heavy (non-hydrogen) atoms. The third-order valence-electron chi connectivity index (χ3n) is 5.58. The molecule has 0 spiro atoms. The van der Waals surface area contributed by atoms with Crippen molar-refractivity contribution in [2.75, 3.05) is 19.6 Å². The summed E-state index contributed by atoms with van der Waals surface area (Å²) < 4.78 is 5.10. The van der Waals surface area contributed by atoms with Crippen molar-refractivity contribution < 1.29 is 14.3 Å². The van der Waals surface area contributed by atoms with E-state index in [1.54, 1.807) is 11.0 Å². The van der Waals surface area contributed by atoms with Gasteiger partial charge in [0, 0.05) is 32.7 Å². The summed E-state index contributed by atoms with van der Waals surface area (Å²) in [6.07, 6.45) is 3.45. The van der Waals surface area contributed by atoms with Gasteiger partial charge >= 0.3 is 12.1 Å². The summed E-state index contributed by atoms with van der Waals surface area (Å²) in [6, 6.07) is 16.1. The Labute approximate surface area is 165 Å². The molecule has 1 saturated heterocycles. The number of esters is 1. The lowest BCUT2D eigenvalue weighted by Crippen LogP contribution is -2.37. The van der Waals surface area contributed by atoms with Crippen molar-refractivity contribution in [1.82, 2.24) is 9.80 Å². The topological polar surface area (TPSA) is 49.9 Å². The molecule has 0 aliphatic carbocycles. The number of benzene rings is 2. The second-order valence-corrected chi connectivity index (χ2v) is 7.63. The molecule has 2 aromatic carbocycles. The summed E-state index contributed by atoms with van der Waals surface area (Å²) >= 11 is 0. The fourth-order valence-corrected chi connectivity index (χ4v) is 3.99. The van der Waals surface area contributed by atoms with Crippen LogP contribution in [0.3, 0.4) is 0 Å². The van der Waals surface area contributed by atoms with Gasteiger partial charge in [-0.15, -0.1) is 0 Å². The SMILES string of the molecule is O=C(OC(=O)N1CCCCC1)c1ccc2c(c1)CCN(Cc1ccccc1)C2. The molecule has 1 amide bonds. The van der Waals surface area contributed by atoms with Crippen molar-refractivity contribution in [1.29, 1.82) is 0 Å². The van der Waals surface area contributed by atoms with Crippen LogP contribution in [0, 0.1) is 0 Å². The number of carbonyl (C=O) groups is 2. The predicted molar refractivity (Wildman–Crippen MR) is 107 cm³/mol. The third kappa shape index (κ3) is 4.42. The monoisotopic (exact) mass is 378 g/mol. The maximum atomic E-state index is 12.4. The van der Waals surface area contributed by atoms with Crippen LogP contribution in [-0.4, -0.2) is 41.5 Å². The number of likely N-dealkylation sites (tertiary alicyclic amines) is 1. The highest BCUT2D eigenvalue weighted by Gasteiger charge is 2.23. The van der Waals surface area contributed by atoms with Gasteiger partial charge in [0.25, 0.3) is 0 Å². The first-order valence-electron chi connectivity index (χ1n) is 10.1. The molecule has 0 atom stereocenters. The van der Waals surface area contributed by atoms with E-state index in [-0.39, 0.29) is 0 Å². The average molecular weight is 378 g/mol. The molecule has 4 rings (SSSR count). The molecule has 0 bridgehead atoms. The van der Waals surface area contributed by atoms with Crippen LogP contribution in [0.1, 0.15) is 46.3 Å². The molecule has 0 saturated carbocycles. The number of amides is 1. The molecule has 2 heterocycles. The second-order valence-electron chi connectivity index (χ2n) is 7.63. The number of piperidine rings is 1. The van der Waals surface area contributed by atoms with Crippen LogP contribution >= 0.6 is 0 Å². The van der Waals surface area contributed by atoms with Crippen LogP contribution in [0.4, 0.5) is 4.79 Å². The fourth-order valence-electron chi connectivity index (χ4n) is 3.99. The highest BCUT2D eigenvalue weighted by Crippen LogP contribution is 2.22. The molecule has 0 N–H and O–H groups in total. The second kappa shape index (κ2) is 8.57. The minimum atomic E-state index is -0.551. The van der Waals surface area contributed by atoms with E-state index in [1.165, 1.54) is 16.7 Å². The number of carbonyl (C=O) groups excluding carboxylic acids is 2. The lowest BCUT2D eigenvalue weighted by atomic mass is 9.97. The van der Waals surface area contributed by atoms with Crippen molar-refractivity contribution in [3.8, 4) is 0 Å². The van der Waals surface area contributed by atoms with Crippen LogP contribution in [0.5, 0.6) is 0 Å². The molecular weight excluding hydrogens is 352 g/mol. The van der Waals surface area contributed by atoms with Crippen LogP contribution < -0.4 is 0 Å². The minimum Gasteiger partial charge on any atom is -0.372 e. The van der Waals surface area contributed by atoms with Gasteiger partial charge < -0.3 is 9.64 Å². The average Bonchev–Trinajstić information content (AvgIpc) is 2.74. The van der Waals surface area contributed by atoms with Crippen molar-refractivity contribution in [3.05, 3.63) is 70.8 Å². The summed E-state index contributed by atoms with van der Waals surface area (Å²) in [5.41, 5.74) is 4.17. The standard InChI is InChI=1S/C23H26N2O3/c26-22(28-23(27)25-12-5-2-6-13-25)20-9-10-21-17-24(14-11-19(21)15-20)16-18-7-3-1-4-8-18/h1,3-4,7-10,15H,2,5-6,11-14,16-17H2. The van der Waals surface area contributed by atoms with E-state index in [4.69, 9.17) is 4.74 Å². The van der Waals surface area contributed by atoms with Gasteiger partial charge in [-0.05, 0) is 54.5 Å². The summed E-state index contributed by atoms with van der Waals surface area (Å²) in [5.74, 6) is -0.551. The quantitative estimate of drug-likeness (QED) is 0.598.